The summed E-state index contributed by atoms with van der Waals surface area (Å²) < 4.78 is 0. The molecule has 0 unspecified atom stereocenters. The summed E-state index contributed by atoms with van der Waals surface area (Å²) in [5.74, 6) is -0.0298. The Bertz CT molecular complexity index is 377. The Morgan fingerprint density at radius 3 is 2.87 bits per heavy atom. The van der Waals surface area contributed by atoms with Gasteiger partial charge in [0.15, 0.2) is 0 Å². The average Bonchev–Trinajstić information content (AvgIpc) is 2.15. The molecule has 1 aliphatic rings. The van der Waals surface area contributed by atoms with Crippen LogP contribution in [-0.4, -0.2) is 28.9 Å². The standard InChI is InChI=1S/C11H13ClN2O/c1-14(8-4-2-5-8)11(15)9-6-3-7-13-10(9)12/h3,6-8H,2,4-5H2,1H3. The van der Waals surface area contributed by atoms with Gasteiger partial charge < -0.3 is 4.90 Å². The lowest BCUT2D eigenvalue weighted by molar-refractivity contribution is 0.0652. The third kappa shape index (κ3) is 1.97. The number of pyridine rings is 1. The van der Waals surface area contributed by atoms with Crippen molar-refractivity contribution in [3.63, 3.8) is 0 Å². The van der Waals surface area contributed by atoms with Crippen LogP contribution in [0.1, 0.15) is 29.6 Å². The van der Waals surface area contributed by atoms with Crippen molar-refractivity contribution in [2.75, 3.05) is 7.05 Å². The Balaban J connectivity index is 2.16. The van der Waals surface area contributed by atoms with Gasteiger partial charge in [-0.2, -0.15) is 0 Å². The van der Waals surface area contributed by atoms with Crippen molar-refractivity contribution < 1.29 is 4.79 Å². The zero-order valence-corrected chi connectivity index (χ0v) is 9.37. The van der Waals surface area contributed by atoms with E-state index in [-0.39, 0.29) is 11.1 Å². The third-order valence-corrected chi connectivity index (χ3v) is 3.23. The van der Waals surface area contributed by atoms with Gasteiger partial charge in [0.2, 0.25) is 0 Å². The van der Waals surface area contributed by atoms with Gasteiger partial charge in [-0.15, -0.1) is 0 Å². The van der Waals surface area contributed by atoms with Crippen molar-refractivity contribution in [2.24, 2.45) is 0 Å². The Hall–Kier alpha value is -1.09. The number of nitrogens with zero attached hydrogens (tertiary/aromatic N) is 2. The molecule has 1 saturated carbocycles. The highest BCUT2D eigenvalue weighted by molar-refractivity contribution is 6.32. The van der Waals surface area contributed by atoms with Gasteiger partial charge in [0.1, 0.15) is 5.15 Å². The predicted molar refractivity (Wildman–Crippen MR) is 59.0 cm³/mol. The molecule has 1 heterocycles. The second kappa shape index (κ2) is 4.19. The van der Waals surface area contributed by atoms with E-state index in [1.54, 1.807) is 23.2 Å². The topological polar surface area (TPSA) is 33.2 Å². The number of halogens is 1. The van der Waals surface area contributed by atoms with Crippen LogP contribution < -0.4 is 0 Å². The number of aromatic nitrogens is 1. The van der Waals surface area contributed by atoms with Crippen LogP contribution in [-0.2, 0) is 0 Å². The molecule has 4 heteroatoms. The van der Waals surface area contributed by atoms with Crippen molar-refractivity contribution in [1.29, 1.82) is 0 Å². The SMILES string of the molecule is CN(C(=O)c1cccnc1Cl)C1CCC1. The normalized spacial score (nSPS) is 15.9. The molecule has 0 bridgehead atoms. The Morgan fingerprint density at radius 1 is 1.60 bits per heavy atom. The second-order valence-corrected chi connectivity index (χ2v) is 4.20. The Morgan fingerprint density at radius 2 is 2.33 bits per heavy atom. The molecule has 2 rings (SSSR count). The minimum Gasteiger partial charge on any atom is -0.339 e. The van der Waals surface area contributed by atoms with Crippen LogP contribution in [0, 0.1) is 0 Å². The molecule has 0 saturated heterocycles. The summed E-state index contributed by atoms with van der Waals surface area (Å²) >= 11 is 5.87. The van der Waals surface area contributed by atoms with Crippen LogP contribution in [0.5, 0.6) is 0 Å². The first-order valence-corrected chi connectivity index (χ1v) is 5.45. The van der Waals surface area contributed by atoms with Gasteiger partial charge in [0, 0.05) is 19.3 Å². The van der Waals surface area contributed by atoms with Gasteiger partial charge in [0.05, 0.1) is 5.56 Å². The number of hydrogen-bond acceptors (Lipinski definition) is 2. The van der Waals surface area contributed by atoms with Crippen molar-refractivity contribution in [3.05, 3.63) is 29.0 Å². The highest BCUT2D eigenvalue weighted by Gasteiger charge is 2.27. The lowest BCUT2D eigenvalue weighted by atomic mass is 9.91. The van der Waals surface area contributed by atoms with E-state index in [0.717, 1.165) is 12.8 Å². The number of rotatable bonds is 2. The number of amides is 1. The van der Waals surface area contributed by atoms with E-state index < -0.39 is 0 Å². The Labute approximate surface area is 94.1 Å². The van der Waals surface area contributed by atoms with Crippen molar-refractivity contribution in [1.82, 2.24) is 9.88 Å². The fraction of sp³-hybridized carbons (Fsp3) is 0.455. The molecule has 0 radical (unpaired) electrons. The first-order valence-electron chi connectivity index (χ1n) is 5.08. The molecule has 0 atom stereocenters. The summed E-state index contributed by atoms with van der Waals surface area (Å²) in [5, 5.41) is 0.286. The highest BCUT2D eigenvalue weighted by atomic mass is 35.5. The van der Waals surface area contributed by atoms with Crippen LogP contribution >= 0.6 is 11.6 Å². The van der Waals surface area contributed by atoms with E-state index in [0.29, 0.717) is 11.6 Å². The fourth-order valence-electron chi connectivity index (χ4n) is 1.68. The molecule has 80 valence electrons. The van der Waals surface area contributed by atoms with E-state index >= 15 is 0 Å². The van der Waals surface area contributed by atoms with E-state index in [9.17, 15) is 4.79 Å². The lowest BCUT2D eigenvalue weighted by Gasteiger charge is -2.34. The number of carbonyl (C=O) groups excluding carboxylic acids is 1. The summed E-state index contributed by atoms with van der Waals surface area (Å²) in [5.41, 5.74) is 0.494. The smallest absolute Gasteiger partial charge is 0.256 e. The molecule has 1 amide bonds. The fourth-order valence-corrected chi connectivity index (χ4v) is 1.88. The van der Waals surface area contributed by atoms with E-state index in [1.165, 1.54) is 6.42 Å². The first-order chi connectivity index (χ1) is 7.20. The van der Waals surface area contributed by atoms with E-state index in [1.807, 2.05) is 7.05 Å². The van der Waals surface area contributed by atoms with Crippen molar-refractivity contribution >= 4 is 17.5 Å². The second-order valence-electron chi connectivity index (χ2n) is 3.84. The van der Waals surface area contributed by atoms with Crippen LogP contribution in [0.4, 0.5) is 0 Å². The predicted octanol–water partition coefficient (Wildman–Crippen LogP) is 2.36. The molecule has 3 nitrogen and oxygen atoms in total. The molecule has 1 fully saturated rings. The maximum Gasteiger partial charge on any atom is 0.256 e. The van der Waals surface area contributed by atoms with Crippen LogP contribution in [0.2, 0.25) is 5.15 Å². The first kappa shape index (κ1) is 10.4. The highest BCUT2D eigenvalue weighted by Crippen LogP contribution is 2.25. The van der Waals surface area contributed by atoms with Gasteiger partial charge in [-0.05, 0) is 31.4 Å². The molecule has 1 aromatic heterocycles. The maximum absolute atomic E-state index is 12.0. The molecule has 0 N–H and O–H groups in total. The van der Waals surface area contributed by atoms with Gasteiger partial charge >= 0.3 is 0 Å². The summed E-state index contributed by atoms with van der Waals surface area (Å²) in [7, 11) is 1.83. The zero-order valence-electron chi connectivity index (χ0n) is 8.61. The largest absolute Gasteiger partial charge is 0.339 e. The molecular formula is C11H13ClN2O. The average molecular weight is 225 g/mol. The van der Waals surface area contributed by atoms with Crippen LogP contribution in [0.15, 0.2) is 18.3 Å². The number of hydrogen-bond donors (Lipinski definition) is 0. The number of carbonyl (C=O) groups is 1. The molecular weight excluding hydrogens is 212 g/mol. The molecule has 1 aromatic rings. The lowest BCUT2D eigenvalue weighted by Crippen LogP contribution is -2.41. The third-order valence-electron chi connectivity index (χ3n) is 2.93. The Kier molecular flexibility index (Phi) is 2.91. The van der Waals surface area contributed by atoms with Gasteiger partial charge in [-0.25, -0.2) is 4.98 Å². The van der Waals surface area contributed by atoms with Gasteiger partial charge in [0.25, 0.3) is 5.91 Å². The monoisotopic (exact) mass is 224 g/mol. The minimum atomic E-state index is -0.0298. The maximum atomic E-state index is 12.0. The molecule has 1 aliphatic carbocycles. The summed E-state index contributed by atoms with van der Waals surface area (Å²) in [6.45, 7) is 0. The van der Waals surface area contributed by atoms with Crippen LogP contribution in [0.3, 0.4) is 0 Å². The molecule has 0 aromatic carbocycles. The quantitative estimate of drug-likeness (QED) is 0.723. The van der Waals surface area contributed by atoms with E-state index in [4.69, 9.17) is 11.6 Å². The molecule has 0 aliphatic heterocycles. The summed E-state index contributed by atoms with van der Waals surface area (Å²) in [6.07, 6.45) is 4.99. The zero-order chi connectivity index (χ0) is 10.8. The van der Waals surface area contributed by atoms with Crippen molar-refractivity contribution in [2.45, 2.75) is 25.3 Å². The summed E-state index contributed by atoms with van der Waals surface area (Å²) in [4.78, 5) is 17.7. The van der Waals surface area contributed by atoms with Gasteiger partial charge in [-0.1, -0.05) is 11.6 Å². The van der Waals surface area contributed by atoms with Crippen LogP contribution in [0.25, 0.3) is 0 Å². The van der Waals surface area contributed by atoms with Crippen molar-refractivity contribution in [3.8, 4) is 0 Å². The molecule has 15 heavy (non-hydrogen) atoms. The minimum absolute atomic E-state index is 0.0298. The summed E-state index contributed by atoms with van der Waals surface area (Å²) in [6, 6.07) is 3.83. The van der Waals surface area contributed by atoms with Gasteiger partial charge in [-0.3, -0.25) is 4.79 Å². The van der Waals surface area contributed by atoms with E-state index in [2.05, 4.69) is 4.98 Å². The molecule has 0 spiro atoms.